The third-order valence-corrected chi connectivity index (χ3v) is 3.66. The maximum absolute atomic E-state index is 4.55. The van der Waals surface area contributed by atoms with Crippen LogP contribution < -0.4 is 5.32 Å². The van der Waals surface area contributed by atoms with Crippen molar-refractivity contribution in [1.82, 2.24) is 15.2 Å². The molecule has 0 fully saturated rings. The zero-order valence-electron chi connectivity index (χ0n) is 12.6. The molecule has 0 radical (unpaired) electrons. The minimum atomic E-state index is 0.243. The van der Waals surface area contributed by atoms with Gasteiger partial charge in [-0.05, 0) is 45.5 Å². The van der Waals surface area contributed by atoms with Gasteiger partial charge >= 0.3 is 0 Å². The monoisotopic (exact) mass is 249 g/mol. The molecule has 1 heterocycles. The van der Waals surface area contributed by atoms with Gasteiger partial charge in [-0.3, -0.25) is 9.88 Å². The van der Waals surface area contributed by atoms with Gasteiger partial charge < -0.3 is 5.32 Å². The normalized spacial score (nSPS) is 13.9. The van der Waals surface area contributed by atoms with Crippen LogP contribution in [0.2, 0.25) is 0 Å². The molecular weight excluding hydrogens is 222 g/mol. The molecule has 0 spiro atoms. The number of aryl methyl sites for hydroxylation is 1. The summed E-state index contributed by atoms with van der Waals surface area (Å²) in [6, 6.07) is 6.70. The highest BCUT2D eigenvalue weighted by atomic mass is 15.1. The quantitative estimate of drug-likeness (QED) is 0.839. The highest BCUT2D eigenvalue weighted by Crippen LogP contribution is 2.21. The summed E-state index contributed by atoms with van der Waals surface area (Å²) in [6.07, 6.45) is 0. The van der Waals surface area contributed by atoms with Crippen LogP contribution in [0.1, 0.15) is 32.2 Å². The molecule has 18 heavy (non-hydrogen) atoms. The van der Waals surface area contributed by atoms with E-state index in [4.69, 9.17) is 0 Å². The highest BCUT2D eigenvalue weighted by molar-refractivity contribution is 5.09. The smallest absolute Gasteiger partial charge is 0.0547 e. The van der Waals surface area contributed by atoms with Crippen LogP contribution in [0.4, 0.5) is 0 Å². The molecule has 1 aromatic rings. The molecule has 3 heteroatoms. The van der Waals surface area contributed by atoms with E-state index in [1.165, 1.54) is 0 Å². The first-order chi connectivity index (χ1) is 8.35. The molecule has 102 valence electrons. The molecule has 1 unspecified atom stereocenters. The van der Waals surface area contributed by atoms with Crippen LogP contribution in [-0.2, 0) is 6.54 Å². The Morgan fingerprint density at radius 2 is 2.06 bits per heavy atom. The average Bonchev–Trinajstić information content (AvgIpc) is 2.26. The zero-order valence-corrected chi connectivity index (χ0v) is 12.6. The van der Waals surface area contributed by atoms with Gasteiger partial charge in [0, 0.05) is 24.8 Å². The summed E-state index contributed by atoms with van der Waals surface area (Å²) < 4.78 is 0. The summed E-state index contributed by atoms with van der Waals surface area (Å²) in [5.41, 5.74) is 2.47. The van der Waals surface area contributed by atoms with Crippen molar-refractivity contribution < 1.29 is 0 Å². The summed E-state index contributed by atoms with van der Waals surface area (Å²) in [5.74, 6) is 0. The van der Waals surface area contributed by atoms with Gasteiger partial charge in [-0.15, -0.1) is 0 Å². The number of nitrogens with one attached hydrogen (secondary N) is 1. The van der Waals surface area contributed by atoms with E-state index >= 15 is 0 Å². The SMILES string of the molecule is CNC(C)C(C)(C)CN(C)Cc1cccc(C)n1. The van der Waals surface area contributed by atoms with Crippen LogP contribution >= 0.6 is 0 Å². The van der Waals surface area contributed by atoms with E-state index in [1.54, 1.807) is 0 Å². The molecule has 0 aliphatic heterocycles. The van der Waals surface area contributed by atoms with Crippen molar-refractivity contribution >= 4 is 0 Å². The van der Waals surface area contributed by atoms with Gasteiger partial charge in [-0.1, -0.05) is 19.9 Å². The lowest BCUT2D eigenvalue weighted by atomic mass is 9.85. The zero-order chi connectivity index (χ0) is 13.8. The van der Waals surface area contributed by atoms with E-state index in [0.717, 1.165) is 24.5 Å². The lowest BCUT2D eigenvalue weighted by Crippen LogP contribution is -2.44. The Morgan fingerprint density at radius 1 is 1.39 bits per heavy atom. The van der Waals surface area contributed by atoms with Crippen LogP contribution in [-0.4, -0.2) is 36.6 Å². The van der Waals surface area contributed by atoms with Gasteiger partial charge in [-0.2, -0.15) is 0 Å². The fourth-order valence-electron chi connectivity index (χ4n) is 2.24. The van der Waals surface area contributed by atoms with Crippen molar-refractivity contribution in [3.05, 3.63) is 29.6 Å². The van der Waals surface area contributed by atoms with E-state index in [-0.39, 0.29) is 5.41 Å². The predicted molar refractivity (Wildman–Crippen MR) is 77.6 cm³/mol. The summed E-state index contributed by atoms with van der Waals surface area (Å²) >= 11 is 0. The molecule has 1 rings (SSSR count). The number of hydrogen-bond donors (Lipinski definition) is 1. The molecule has 1 aromatic heterocycles. The highest BCUT2D eigenvalue weighted by Gasteiger charge is 2.26. The Kier molecular flexibility index (Phi) is 5.29. The van der Waals surface area contributed by atoms with Crippen molar-refractivity contribution in [2.24, 2.45) is 5.41 Å². The molecule has 0 amide bonds. The molecule has 3 nitrogen and oxygen atoms in total. The van der Waals surface area contributed by atoms with Gasteiger partial charge in [0.25, 0.3) is 0 Å². The molecule has 1 N–H and O–H groups in total. The Hall–Kier alpha value is -0.930. The summed E-state index contributed by atoms with van der Waals surface area (Å²) in [5, 5.41) is 3.34. The van der Waals surface area contributed by atoms with Crippen LogP contribution in [0, 0.1) is 12.3 Å². The molecule has 0 aliphatic carbocycles. The second kappa shape index (κ2) is 6.30. The Balaban J connectivity index is 2.59. The molecular formula is C15H27N3. The second-order valence-electron chi connectivity index (χ2n) is 5.94. The number of nitrogens with zero attached hydrogens (tertiary/aromatic N) is 2. The Bertz CT molecular complexity index is 374. The maximum atomic E-state index is 4.55. The number of hydrogen-bond acceptors (Lipinski definition) is 3. The van der Waals surface area contributed by atoms with Crippen molar-refractivity contribution in [2.75, 3.05) is 20.6 Å². The maximum Gasteiger partial charge on any atom is 0.0547 e. The van der Waals surface area contributed by atoms with Crippen molar-refractivity contribution in [3.8, 4) is 0 Å². The minimum absolute atomic E-state index is 0.243. The first-order valence-electron chi connectivity index (χ1n) is 6.63. The average molecular weight is 249 g/mol. The molecule has 0 aliphatic rings. The molecule has 0 saturated heterocycles. The number of aromatic nitrogens is 1. The van der Waals surface area contributed by atoms with Crippen molar-refractivity contribution in [3.63, 3.8) is 0 Å². The topological polar surface area (TPSA) is 28.2 Å². The Labute approximate surface area is 112 Å². The first-order valence-corrected chi connectivity index (χ1v) is 6.63. The van der Waals surface area contributed by atoms with Crippen LogP contribution in [0.15, 0.2) is 18.2 Å². The molecule has 0 aromatic carbocycles. The van der Waals surface area contributed by atoms with Crippen molar-refractivity contribution in [2.45, 2.75) is 40.3 Å². The Morgan fingerprint density at radius 3 is 2.61 bits per heavy atom. The van der Waals surface area contributed by atoms with Gasteiger partial charge in [0.05, 0.1) is 5.69 Å². The number of pyridine rings is 1. The third-order valence-electron chi connectivity index (χ3n) is 3.66. The van der Waals surface area contributed by atoms with Gasteiger partial charge in [0.2, 0.25) is 0 Å². The van der Waals surface area contributed by atoms with E-state index in [1.807, 2.05) is 20.0 Å². The lowest BCUT2D eigenvalue weighted by Gasteiger charge is -2.35. The van der Waals surface area contributed by atoms with Gasteiger partial charge in [0.15, 0.2) is 0 Å². The fourth-order valence-corrected chi connectivity index (χ4v) is 2.24. The second-order valence-corrected chi connectivity index (χ2v) is 5.94. The summed E-state index contributed by atoms with van der Waals surface area (Å²) in [4.78, 5) is 6.89. The standard InChI is InChI=1S/C15H27N3/c1-12-8-7-9-14(17-12)10-18(6)11-15(3,4)13(2)16-5/h7-9,13,16H,10-11H2,1-6H3. The molecule has 0 bridgehead atoms. The predicted octanol–water partition coefficient (Wildman–Crippen LogP) is 2.46. The summed E-state index contributed by atoms with van der Waals surface area (Å²) in [6.45, 7) is 10.8. The van der Waals surface area contributed by atoms with Crippen LogP contribution in [0.3, 0.4) is 0 Å². The third kappa shape index (κ3) is 4.39. The number of rotatable bonds is 6. The van der Waals surface area contributed by atoms with E-state index in [2.05, 4.69) is 55.2 Å². The molecule has 0 saturated carbocycles. The van der Waals surface area contributed by atoms with E-state index < -0.39 is 0 Å². The summed E-state index contributed by atoms with van der Waals surface area (Å²) in [7, 11) is 4.18. The van der Waals surface area contributed by atoms with E-state index in [0.29, 0.717) is 6.04 Å². The lowest BCUT2D eigenvalue weighted by molar-refractivity contribution is 0.163. The van der Waals surface area contributed by atoms with Crippen LogP contribution in [0.5, 0.6) is 0 Å². The van der Waals surface area contributed by atoms with Gasteiger partial charge in [0.1, 0.15) is 0 Å². The van der Waals surface area contributed by atoms with Gasteiger partial charge in [-0.25, -0.2) is 0 Å². The first kappa shape index (κ1) is 15.1. The fraction of sp³-hybridized carbons (Fsp3) is 0.667. The minimum Gasteiger partial charge on any atom is -0.317 e. The largest absolute Gasteiger partial charge is 0.317 e. The van der Waals surface area contributed by atoms with Crippen molar-refractivity contribution in [1.29, 1.82) is 0 Å². The van der Waals surface area contributed by atoms with E-state index in [9.17, 15) is 0 Å². The molecule has 1 atom stereocenters. The van der Waals surface area contributed by atoms with Crippen LogP contribution in [0.25, 0.3) is 0 Å².